The van der Waals surface area contributed by atoms with Crippen LogP contribution in [0.15, 0.2) is 24.3 Å². The van der Waals surface area contributed by atoms with Crippen molar-refractivity contribution < 1.29 is 9.53 Å². The van der Waals surface area contributed by atoms with Crippen LogP contribution in [-0.2, 0) is 4.79 Å². The molecule has 0 spiro atoms. The minimum absolute atomic E-state index is 0.102. The van der Waals surface area contributed by atoms with E-state index >= 15 is 0 Å². The Kier molecular flexibility index (Phi) is 6.32. The molecule has 5 heteroatoms. The van der Waals surface area contributed by atoms with Crippen molar-refractivity contribution in [3.63, 3.8) is 0 Å². The van der Waals surface area contributed by atoms with Crippen LogP contribution < -0.4 is 10.1 Å². The molecule has 1 amide bonds. The number of rotatable bonds is 5. The van der Waals surface area contributed by atoms with E-state index in [9.17, 15) is 4.79 Å². The number of hydrogen-bond donors (Lipinski definition) is 1. The molecule has 1 N–H and O–H groups in total. The molecule has 2 saturated heterocycles. The van der Waals surface area contributed by atoms with E-state index in [1.165, 1.54) is 19.4 Å². The fourth-order valence-electron chi connectivity index (χ4n) is 3.77. The van der Waals surface area contributed by atoms with Crippen LogP contribution >= 0.6 is 0 Å². The quantitative estimate of drug-likeness (QED) is 0.885. The minimum atomic E-state index is -0.433. The van der Waals surface area contributed by atoms with Gasteiger partial charge in [-0.3, -0.25) is 9.69 Å². The van der Waals surface area contributed by atoms with Gasteiger partial charge in [0.25, 0.3) is 5.91 Å². The third-order valence-electron chi connectivity index (χ3n) is 5.40. The molecule has 0 aromatic heterocycles. The van der Waals surface area contributed by atoms with Gasteiger partial charge in [0.15, 0.2) is 6.10 Å². The van der Waals surface area contributed by atoms with Crippen molar-refractivity contribution in [2.24, 2.45) is 5.92 Å². The smallest absolute Gasteiger partial charge is 0.263 e. The van der Waals surface area contributed by atoms with Gasteiger partial charge in [0, 0.05) is 32.7 Å². The van der Waals surface area contributed by atoms with Gasteiger partial charge >= 0.3 is 0 Å². The fraction of sp³-hybridized carbons (Fsp3) is 0.650. The number of hydrogen-bond acceptors (Lipinski definition) is 4. The maximum Gasteiger partial charge on any atom is 0.263 e. The van der Waals surface area contributed by atoms with Crippen molar-refractivity contribution in [2.75, 3.05) is 45.8 Å². The summed E-state index contributed by atoms with van der Waals surface area (Å²) in [5.41, 5.74) is 1.06. The van der Waals surface area contributed by atoms with Crippen molar-refractivity contribution in [2.45, 2.75) is 32.8 Å². The molecule has 2 aliphatic rings. The Balaban J connectivity index is 1.45. The SMILES string of the molecule is Cc1ccccc1OC(C)C(=O)N1CCN(CC2CCNCC2)CC1. The molecule has 0 saturated carbocycles. The van der Waals surface area contributed by atoms with Crippen LogP contribution in [0.1, 0.15) is 25.3 Å². The standard InChI is InChI=1S/C20H31N3O2/c1-16-5-3-4-6-19(16)25-17(2)20(24)23-13-11-22(12-14-23)15-18-7-9-21-10-8-18/h3-6,17-18,21H,7-15H2,1-2H3. The van der Waals surface area contributed by atoms with Gasteiger partial charge in [-0.05, 0) is 57.3 Å². The van der Waals surface area contributed by atoms with Gasteiger partial charge in [0.2, 0.25) is 0 Å². The predicted molar refractivity (Wildman–Crippen MR) is 99.9 cm³/mol. The van der Waals surface area contributed by atoms with E-state index < -0.39 is 6.10 Å². The molecule has 0 bridgehead atoms. The maximum atomic E-state index is 12.7. The van der Waals surface area contributed by atoms with E-state index in [0.717, 1.165) is 56.5 Å². The summed E-state index contributed by atoms with van der Waals surface area (Å²) in [6, 6.07) is 7.86. The first-order valence-corrected chi connectivity index (χ1v) is 9.57. The van der Waals surface area contributed by atoms with E-state index in [1.807, 2.05) is 43.0 Å². The molecular formula is C20H31N3O2. The van der Waals surface area contributed by atoms with Crippen LogP contribution in [0.25, 0.3) is 0 Å². The fourth-order valence-corrected chi connectivity index (χ4v) is 3.77. The highest BCUT2D eigenvalue weighted by molar-refractivity contribution is 5.81. The second-order valence-corrected chi connectivity index (χ2v) is 7.34. The number of piperazine rings is 1. The molecule has 2 fully saturated rings. The summed E-state index contributed by atoms with van der Waals surface area (Å²) >= 11 is 0. The number of aryl methyl sites for hydroxylation is 1. The van der Waals surface area contributed by atoms with E-state index in [2.05, 4.69) is 10.2 Å². The second-order valence-electron chi connectivity index (χ2n) is 7.34. The Morgan fingerprint density at radius 3 is 2.56 bits per heavy atom. The summed E-state index contributed by atoms with van der Waals surface area (Å²) < 4.78 is 5.90. The maximum absolute atomic E-state index is 12.7. The number of para-hydroxylation sites is 1. The summed E-state index contributed by atoms with van der Waals surface area (Å²) in [6.07, 6.45) is 2.12. The number of nitrogens with one attached hydrogen (secondary N) is 1. The first kappa shape index (κ1) is 18.2. The molecule has 2 aliphatic heterocycles. The zero-order valence-corrected chi connectivity index (χ0v) is 15.5. The van der Waals surface area contributed by atoms with Crippen molar-refractivity contribution in [3.8, 4) is 5.75 Å². The topological polar surface area (TPSA) is 44.8 Å². The molecule has 1 unspecified atom stereocenters. The number of piperidine rings is 1. The van der Waals surface area contributed by atoms with Crippen LogP contribution in [0, 0.1) is 12.8 Å². The van der Waals surface area contributed by atoms with Crippen LogP contribution in [0.5, 0.6) is 5.75 Å². The predicted octanol–water partition coefficient (Wildman–Crippen LogP) is 1.91. The number of amides is 1. The molecule has 3 rings (SSSR count). The Morgan fingerprint density at radius 1 is 1.20 bits per heavy atom. The van der Waals surface area contributed by atoms with E-state index in [-0.39, 0.29) is 5.91 Å². The summed E-state index contributed by atoms with van der Waals surface area (Å²) in [7, 11) is 0. The van der Waals surface area contributed by atoms with Crippen LogP contribution in [0.3, 0.4) is 0 Å². The lowest BCUT2D eigenvalue weighted by atomic mass is 9.97. The van der Waals surface area contributed by atoms with Crippen LogP contribution in [-0.4, -0.2) is 67.6 Å². The van der Waals surface area contributed by atoms with E-state index in [0.29, 0.717) is 0 Å². The average molecular weight is 345 g/mol. The van der Waals surface area contributed by atoms with Gasteiger partial charge in [0.05, 0.1) is 0 Å². The highest BCUT2D eigenvalue weighted by Gasteiger charge is 2.27. The zero-order chi connectivity index (χ0) is 17.6. The third kappa shape index (κ3) is 4.95. The van der Waals surface area contributed by atoms with Gasteiger partial charge in [-0.15, -0.1) is 0 Å². The molecule has 138 valence electrons. The summed E-state index contributed by atoms with van der Waals surface area (Å²) in [5, 5.41) is 3.42. The van der Waals surface area contributed by atoms with Crippen molar-refractivity contribution in [1.82, 2.24) is 15.1 Å². The lowest BCUT2D eigenvalue weighted by Gasteiger charge is -2.38. The number of carbonyl (C=O) groups excluding carboxylic acids is 1. The molecule has 1 aromatic rings. The number of benzene rings is 1. The van der Waals surface area contributed by atoms with E-state index in [4.69, 9.17) is 4.74 Å². The number of ether oxygens (including phenoxy) is 1. The number of nitrogens with zero attached hydrogens (tertiary/aromatic N) is 2. The molecule has 0 radical (unpaired) electrons. The molecule has 0 aliphatic carbocycles. The largest absolute Gasteiger partial charge is 0.481 e. The second kappa shape index (κ2) is 8.68. The summed E-state index contributed by atoms with van der Waals surface area (Å²) in [6.45, 7) is 10.9. The Labute approximate surface area is 151 Å². The zero-order valence-electron chi connectivity index (χ0n) is 15.5. The van der Waals surface area contributed by atoms with Crippen molar-refractivity contribution in [1.29, 1.82) is 0 Å². The van der Waals surface area contributed by atoms with E-state index in [1.54, 1.807) is 0 Å². The first-order valence-electron chi connectivity index (χ1n) is 9.57. The summed E-state index contributed by atoms with van der Waals surface area (Å²) in [5.74, 6) is 1.71. The lowest BCUT2D eigenvalue weighted by Crippen LogP contribution is -2.53. The highest BCUT2D eigenvalue weighted by atomic mass is 16.5. The third-order valence-corrected chi connectivity index (χ3v) is 5.40. The highest BCUT2D eigenvalue weighted by Crippen LogP contribution is 2.19. The van der Waals surface area contributed by atoms with Gasteiger partial charge in [-0.25, -0.2) is 0 Å². The Bertz CT molecular complexity index is 564. The molecule has 1 aromatic carbocycles. The normalized spacial score (nSPS) is 21.1. The van der Waals surface area contributed by atoms with Crippen molar-refractivity contribution in [3.05, 3.63) is 29.8 Å². The molecule has 1 atom stereocenters. The molecule has 25 heavy (non-hydrogen) atoms. The summed E-state index contributed by atoms with van der Waals surface area (Å²) in [4.78, 5) is 17.2. The first-order chi connectivity index (χ1) is 12.1. The molecular weight excluding hydrogens is 314 g/mol. The molecule has 5 nitrogen and oxygen atoms in total. The molecule has 2 heterocycles. The van der Waals surface area contributed by atoms with Gasteiger partial charge < -0.3 is 15.0 Å². The monoisotopic (exact) mass is 345 g/mol. The van der Waals surface area contributed by atoms with Crippen LogP contribution in [0.4, 0.5) is 0 Å². The average Bonchev–Trinajstić information content (AvgIpc) is 2.64. The number of carbonyl (C=O) groups is 1. The minimum Gasteiger partial charge on any atom is -0.481 e. The Morgan fingerprint density at radius 2 is 1.88 bits per heavy atom. The lowest BCUT2D eigenvalue weighted by molar-refractivity contribution is -0.139. The van der Waals surface area contributed by atoms with Gasteiger partial charge in [-0.2, -0.15) is 0 Å². The van der Waals surface area contributed by atoms with Gasteiger partial charge in [-0.1, -0.05) is 18.2 Å². The Hall–Kier alpha value is -1.59. The van der Waals surface area contributed by atoms with Crippen molar-refractivity contribution >= 4 is 5.91 Å². The van der Waals surface area contributed by atoms with Gasteiger partial charge in [0.1, 0.15) is 5.75 Å². The van der Waals surface area contributed by atoms with Crippen LogP contribution in [0.2, 0.25) is 0 Å².